The van der Waals surface area contributed by atoms with Gasteiger partial charge in [-0.2, -0.15) is 13.2 Å². The number of nitrogens with zero attached hydrogens (tertiary/aromatic N) is 1. The summed E-state index contributed by atoms with van der Waals surface area (Å²) in [6, 6.07) is 5.42. The maximum atomic E-state index is 13.3. The van der Waals surface area contributed by atoms with Gasteiger partial charge in [0.1, 0.15) is 6.04 Å². The van der Waals surface area contributed by atoms with Gasteiger partial charge in [0.05, 0.1) is 10.6 Å². The van der Waals surface area contributed by atoms with E-state index in [1.54, 1.807) is 6.07 Å². The first-order valence-corrected chi connectivity index (χ1v) is 11.0. The number of carbonyl (C=O) groups is 1. The van der Waals surface area contributed by atoms with E-state index in [1.165, 1.54) is 28.5 Å². The van der Waals surface area contributed by atoms with Crippen molar-refractivity contribution in [3.63, 3.8) is 0 Å². The summed E-state index contributed by atoms with van der Waals surface area (Å²) in [5, 5.41) is 9.91. The molecule has 162 valence electrons. The molecule has 8 heteroatoms. The van der Waals surface area contributed by atoms with Crippen LogP contribution in [0.3, 0.4) is 0 Å². The Kier molecular flexibility index (Phi) is 6.95. The number of rotatable bonds is 8. The predicted octanol–water partition coefficient (Wildman–Crippen LogP) is 5.78. The second-order valence-electron chi connectivity index (χ2n) is 7.47. The smallest absolute Gasteiger partial charge is 0.416 e. The third kappa shape index (κ3) is 4.74. The van der Waals surface area contributed by atoms with Crippen LogP contribution in [0, 0.1) is 0 Å². The van der Waals surface area contributed by atoms with Gasteiger partial charge in [-0.3, -0.25) is 9.36 Å². The number of hydrogen-bond acceptors (Lipinski definition) is 3. The molecular weight excluding hydrogens is 415 g/mol. The highest BCUT2D eigenvalue weighted by Gasteiger charge is 2.34. The largest absolute Gasteiger partial charge is 0.480 e. The normalized spacial score (nSPS) is 15.9. The number of aliphatic carboxylic acids is 1. The van der Waals surface area contributed by atoms with Gasteiger partial charge in [-0.05, 0) is 36.1 Å². The summed E-state index contributed by atoms with van der Waals surface area (Å²) in [6.07, 6.45) is 1.15. The zero-order chi connectivity index (χ0) is 21.9. The predicted molar refractivity (Wildman–Crippen MR) is 111 cm³/mol. The van der Waals surface area contributed by atoms with Crippen LogP contribution in [-0.4, -0.2) is 21.4 Å². The van der Waals surface area contributed by atoms with Crippen molar-refractivity contribution in [3.05, 3.63) is 51.8 Å². The molecule has 0 unspecified atom stereocenters. The second-order valence-corrected chi connectivity index (χ2v) is 8.47. The lowest BCUT2D eigenvalue weighted by Gasteiger charge is -2.18. The van der Waals surface area contributed by atoms with Crippen LogP contribution in [0.25, 0.3) is 11.1 Å². The van der Waals surface area contributed by atoms with Crippen LogP contribution in [0.5, 0.6) is 0 Å². The summed E-state index contributed by atoms with van der Waals surface area (Å²) in [4.78, 5) is 24.3. The third-order valence-corrected chi connectivity index (χ3v) is 6.45. The number of hydrogen-bond donors (Lipinski definition) is 1. The summed E-state index contributed by atoms with van der Waals surface area (Å²) < 4.78 is 41.0. The minimum atomic E-state index is -4.48. The van der Waals surface area contributed by atoms with Gasteiger partial charge in [0.25, 0.3) is 5.56 Å². The molecule has 0 saturated carbocycles. The number of unbranched alkanes of at least 4 members (excludes halogenated alkanes) is 4. The fraction of sp³-hybridized carbons (Fsp3) is 0.455. The van der Waals surface area contributed by atoms with Gasteiger partial charge in [0, 0.05) is 17.4 Å². The minimum Gasteiger partial charge on any atom is -0.480 e. The molecule has 0 spiro atoms. The summed E-state index contributed by atoms with van der Waals surface area (Å²) in [7, 11) is 0. The maximum absolute atomic E-state index is 13.3. The molecule has 1 aromatic heterocycles. The highest BCUT2D eigenvalue weighted by molar-refractivity contribution is 7.99. The monoisotopic (exact) mass is 439 g/mol. The number of carboxylic acid groups (broad SMARTS) is 1. The molecule has 0 aliphatic carbocycles. The molecule has 2 aromatic rings. The topological polar surface area (TPSA) is 59.3 Å². The first kappa shape index (κ1) is 22.5. The Bertz CT molecular complexity index is 985. The Morgan fingerprint density at radius 1 is 1.20 bits per heavy atom. The molecule has 4 nitrogen and oxygen atoms in total. The summed E-state index contributed by atoms with van der Waals surface area (Å²) in [5.74, 6) is -0.943. The first-order chi connectivity index (χ1) is 14.2. The Morgan fingerprint density at radius 2 is 1.93 bits per heavy atom. The van der Waals surface area contributed by atoms with Gasteiger partial charge in [-0.1, -0.05) is 44.7 Å². The van der Waals surface area contributed by atoms with Crippen molar-refractivity contribution in [1.29, 1.82) is 0 Å². The molecular formula is C22H24F3NO3S. The molecule has 30 heavy (non-hydrogen) atoms. The molecule has 0 radical (unpaired) electrons. The minimum absolute atomic E-state index is 0.177. The zero-order valence-corrected chi connectivity index (χ0v) is 17.5. The van der Waals surface area contributed by atoms with Gasteiger partial charge in [-0.25, -0.2) is 4.79 Å². The average molecular weight is 439 g/mol. The number of pyridine rings is 1. The number of fused-ring (bicyclic) bond motifs is 1. The Balaban J connectivity index is 2.09. The van der Waals surface area contributed by atoms with E-state index >= 15 is 0 Å². The Morgan fingerprint density at radius 3 is 2.60 bits per heavy atom. The number of benzene rings is 1. The van der Waals surface area contributed by atoms with Gasteiger partial charge < -0.3 is 5.11 Å². The highest BCUT2D eigenvalue weighted by Crippen LogP contribution is 2.42. The van der Waals surface area contributed by atoms with Crippen LogP contribution in [-0.2, 0) is 17.4 Å². The van der Waals surface area contributed by atoms with E-state index in [2.05, 4.69) is 6.92 Å². The maximum Gasteiger partial charge on any atom is 0.416 e. The lowest BCUT2D eigenvalue weighted by atomic mass is 9.95. The number of carboxylic acids is 1. The van der Waals surface area contributed by atoms with E-state index in [1.807, 2.05) is 0 Å². The van der Waals surface area contributed by atoms with E-state index in [9.17, 15) is 27.9 Å². The zero-order valence-electron chi connectivity index (χ0n) is 16.7. The van der Waals surface area contributed by atoms with Crippen LogP contribution in [0.4, 0.5) is 13.2 Å². The van der Waals surface area contributed by atoms with Crippen LogP contribution >= 0.6 is 11.8 Å². The first-order valence-electron chi connectivity index (χ1n) is 10.1. The molecule has 1 N–H and O–H groups in total. The molecule has 1 aliphatic heterocycles. The van der Waals surface area contributed by atoms with Crippen molar-refractivity contribution >= 4 is 17.7 Å². The van der Waals surface area contributed by atoms with E-state index in [0.29, 0.717) is 28.1 Å². The Hall–Kier alpha value is -2.22. The summed E-state index contributed by atoms with van der Waals surface area (Å²) in [6.45, 7) is 2.11. The van der Waals surface area contributed by atoms with E-state index in [-0.39, 0.29) is 5.75 Å². The van der Waals surface area contributed by atoms with Gasteiger partial charge in [0.15, 0.2) is 0 Å². The number of thioether (sulfide) groups is 1. The molecule has 1 aliphatic rings. The number of alkyl halides is 3. The standard InChI is InChI=1S/C22H24F3NO3S/c1-2-3-4-5-6-8-15-12-18(27)26-17(21(28)29)13-30-20(26)19(15)14-9-7-10-16(11-14)22(23,24)25/h7,9-12,17H,2-6,8,13H2,1H3,(H,28,29)/t17-/m0/s1. The highest BCUT2D eigenvalue weighted by atomic mass is 32.2. The van der Waals surface area contributed by atoms with Gasteiger partial charge in [0.2, 0.25) is 0 Å². The average Bonchev–Trinajstić information content (AvgIpc) is 3.13. The Labute approximate surface area is 177 Å². The molecule has 0 amide bonds. The molecule has 0 bridgehead atoms. The van der Waals surface area contributed by atoms with Crippen molar-refractivity contribution in [2.75, 3.05) is 5.75 Å². The lowest BCUT2D eigenvalue weighted by Crippen LogP contribution is -2.29. The molecule has 1 aromatic carbocycles. The van der Waals surface area contributed by atoms with Gasteiger partial charge in [-0.15, -0.1) is 11.8 Å². The lowest BCUT2D eigenvalue weighted by molar-refractivity contribution is -0.140. The summed E-state index contributed by atoms with van der Waals surface area (Å²) >= 11 is 1.22. The van der Waals surface area contributed by atoms with E-state index < -0.39 is 29.3 Å². The fourth-order valence-electron chi connectivity index (χ4n) is 3.78. The van der Waals surface area contributed by atoms with Crippen molar-refractivity contribution in [2.45, 2.75) is 62.7 Å². The van der Waals surface area contributed by atoms with Crippen LogP contribution in [0.15, 0.2) is 40.2 Å². The third-order valence-electron chi connectivity index (χ3n) is 5.29. The number of aryl methyl sites for hydroxylation is 1. The van der Waals surface area contributed by atoms with Crippen LogP contribution in [0.2, 0.25) is 0 Å². The van der Waals surface area contributed by atoms with Crippen molar-refractivity contribution in [1.82, 2.24) is 4.57 Å². The molecule has 3 rings (SSSR count). The fourth-order valence-corrected chi connectivity index (χ4v) is 5.13. The molecule has 2 heterocycles. The quantitative estimate of drug-likeness (QED) is 0.530. The molecule has 0 saturated heterocycles. The van der Waals surface area contributed by atoms with Crippen molar-refractivity contribution < 1.29 is 23.1 Å². The summed E-state index contributed by atoms with van der Waals surface area (Å²) in [5.41, 5.74) is 0.402. The second kappa shape index (κ2) is 9.29. The van der Waals surface area contributed by atoms with E-state index in [4.69, 9.17) is 0 Å². The molecule has 0 fully saturated rings. The molecule has 1 atom stereocenters. The van der Waals surface area contributed by atoms with Crippen molar-refractivity contribution in [3.8, 4) is 11.1 Å². The SMILES string of the molecule is CCCCCCCc1cc(=O)n2c(c1-c1cccc(C(F)(F)F)c1)SC[C@H]2C(=O)O. The number of aromatic nitrogens is 1. The van der Waals surface area contributed by atoms with Crippen LogP contribution < -0.4 is 5.56 Å². The van der Waals surface area contributed by atoms with Crippen LogP contribution in [0.1, 0.15) is 56.2 Å². The number of halogens is 3. The van der Waals surface area contributed by atoms with Crippen molar-refractivity contribution in [2.24, 2.45) is 0 Å². The van der Waals surface area contributed by atoms with Gasteiger partial charge >= 0.3 is 12.1 Å². The van der Waals surface area contributed by atoms with E-state index in [0.717, 1.165) is 44.2 Å².